The van der Waals surface area contributed by atoms with Gasteiger partial charge < -0.3 is 4.74 Å². The molecule has 0 saturated carbocycles. The number of alkyl halides is 1. The van der Waals surface area contributed by atoms with E-state index in [1.807, 2.05) is 24.4 Å². The van der Waals surface area contributed by atoms with Gasteiger partial charge in [-0.05, 0) is 35.6 Å². The molecule has 0 radical (unpaired) electrons. The summed E-state index contributed by atoms with van der Waals surface area (Å²) in [5.74, 6) is 0.747. The van der Waals surface area contributed by atoms with E-state index in [0.29, 0.717) is 5.02 Å². The first-order valence-corrected chi connectivity index (χ1v) is 7.80. The minimum atomic E-state index is 0.00195. The van der Waals surface area contributed by atoms with E-state index in [4.69, 9.17) is 27.9 Å². The number of ether oxygens (including phenoxy) is 1. The van der Waals surface area contributed by atoms with Crippen LogP contribution in [0.15, 0.2) is 23.6 Å². The van der Waals surface area contributed by atoms with Crippen LogP contribution in [0, 0.1) is 6.92 Å². The van der Waals surface area contributed by atoms with Crippen molar-refractivity contribution in [2.24, 2.45) is 0 Å². The predicted molar refractivity (Wildman–Crippen MR) is 82.8 cm³/mol. The normalized spacial score (nSPS) is 12.5. The fourth-order valence-electron chi connectivity index (χ4n) is 1.60. The maximum Gasteiger partial charge on any atom is 0.120 e. The molecule has 1 atom stereocenters. The van der Waals surface area contributed by atoms with E-state index in [1.54, 1.807) is 24.5 Å². The van der Waals surface area contributed by atoms with Crippen LogP contribution in [0.25, 0.3) is 0 Å². The summed E-state index contributed by atoms with van der Waals surface area (Å²) >= 11 is 17.8. The standard InChI is InChI=1S/C13H11BrCl2OS/c1-7-6-18-13(12(7)16)11(14)9-4-3-8(17-2)5-10(9)15/h3-6,11H,1-2H3. The van der Waals surface area contributed by atoms with Crippen LogP contribution in [-0.4, -0.2) is 7.11 Å². The average Bonchev–Trinajstić information content (AvgIpc) is 2.69. The van der Waals surface area contributed by atoms with Crippen molar-refractivity contribution >= 4 is 50.5 Å². The molecule has 2 aromatic rings. The summed E-state index contributed by atoms with van der Waals surface area (Å²) in [6.45, 7) is 2.00. The first-order chi connectivity index (χ1) is 8.54. The quantitative estimate of drug-likeness (QED) is 0.619. The lowest BCUT2D eigenvalue weighted by atomic mass is 10.1. The largest absolute Gasteiger partial charge is 0.497 e. The molecule has 2 rings (SSSR count). The Morgan fingerprint density at radius 3 is 2.56 bits per heavy atom. The molecule has 0 spiro atoms. The molecular weight excluding hydrogens is 355 g/mol. The van der Waals surface area contributed by atoms with Gasteiger partial charge in [-0.25, -0.2) is 0 Å². The molecule has 1 heterocycles. The first-order valence-electron chi connectivity index (χ1n) is 5.25. The molecule has 0 N–H and O–H groups in total. The van der Waals surface area contributed by atoms with Crippen LogP contribution in [0.3, 0.4) is 0 Å². The Morgan fingerprint density at radius 1 is 1.33 bits per heavy atom. The molecular formula is C13H11BrCl2OS. The molecule has 0 saturated heterocycles. The van der Waals surface area contributed by atoms with Crippen molar-refractivity contribution in [3.63, 3.8) is 0 Å². The highest BCUT2D eigenvalue weighted by atomic mass is 79.9. The second-order valence-corrected chi connectivity index (χ2v) is 6.46. The fourth-order valence-corrected chi connectivity index (χ4v) is 4.39. The molecule has 0 aliphatic carbocycles. The monoisotopic (exact) mass is 364 g/mol. The highest BCUT2D eigenvalue weighted by Gasteiger charge is 2.19. The summed E-state index contributed by atoms with van der Waals surface area (Å²) in [5.41, 5.74) is 2.08. The van der Waals surface area contributed by atoms with Crippen LogP contribution in [0.2, 0.25) is 10.0 Å². The van der Waals surface area contributed by atoms with Gasteiger partial charge in [0.15, 0.2) is 0 Å². The van der Waals surface area contributed by atoms with Crippen molar-refractivity contribution in [1.29, 1.82) is 0 Å². The average molecular weight is 366 g/mol. The maximum atomic E-state index is 6.28. The minimum Gasteiger partial charge on any atom is -0.497 e. The topological polar surface area (TPSA) is 9.23 Å². The summed E-state index contributed by atoms with van der Waals surface area (Å²) in [7, 11) is 1.62. The summed E-state index contributed by atoms with van der Waals surface area (Å²) in [5, 5.41) is 3.51. The van der Waals surface area contributed by atoms with Crippen molar-refractivity contribution < 1.29 is 4.74 Å². The van der Waals surface area contributed by atoms with Gasteiger partial charge in [0, 0.05) is 9.90 Å². The number of halogens is 3. The van der Waals surface area contributed by atoms with Gasteiger partial charge in [0.25, 0.3) is 0 Å². The highest BCUT2D eigenvalue weighted by Crippen LogP contribution is 2.43. The third kappa shape index (κ3) is 2.69. The Hall–Kier alpha value is -0.220. The van der Waals surface area contributed by atoms with E-state index in [-0.39, 0.29) is 4.83 Å². The zero-order valence-electron chi connectivity index (χ0n) is 9.84. The number of thiophene rings is 1. The lowest BCUT2D eigenvalue weighted by Crippen LogP contribution is -1.93. The third-order valence-corrected chi connectivity index (χ3v) is 6.00. The molecule has 18 heavy (non-hydrogen) atoms. The summed E-state index contributed by atoms with van der Waals surface area (Å²) < 4.78 is 5.14. The summed E-state index contributed by atoms with van der Waals surface area (Å²) in [4.78, 5) is 1.07. The Morgan fingerprint density at radius 2 is 2.06 bits per heavy atom. The number of hydrogen-bond donors (Lipinski definition) is 0. The summed E-state index contributed by atoms with van der Waals surface area (Å²) in [6.07, 6.45) is 0. The fraction of sp³-hybridized carbons (Fsp3) is 0.231. The minimum absolute atomic E-state index is 0.00195. The van der Waals surface area contributed by atoms with Crippen LogP contribution in [0.4, 0.5) is 0 Å². The smallest absolute Gasteiger partial charge is 0.120 e. The molecule has 0 aliphatic rings. The van der Waals surface area contributed by atoms with Crippen LogP contribution in [0.1, 0.15) is 20.8 Å². The number of aryl methyl sites for hydroxylation is 1. The Kier molecular flexibility index (Phi) is 4.59. The lowest BCUT2D eigenvalue weighted by Gasteiger charge is -2.12. The van der Waals surface area contributed by atoms with Crippen molar-refractivity contribution in [1.82, 2.24) is 0 Å². The predicted octanol–water partition coefficient (Wildman–Crippen LogP) is 5.86. The number of benzene rings is 1. The molecule has 1 aromatic heterocycles. The third-order valence-electron chi connectivity index (χ3n) is 2.64. The van der Waals surface area contributed by atoms with Gasteiger partial charge in [-0.1, -0.05) is 45.2 Å². The maximum absolute atomic E-state index is 6.28. The van der Waals surface area contributed by atoms with E-state index in [0.717, 1.165) is 26.8 Å². The van der Waals surface area contributed by atoms with Gasteiger partial charge in [0.1, 0.15) is 5.75 Å². The van der Waals surface area contributed by atoms with E-state index in [2.05, 4.69) is 15.9 Å². The van der Waals surface area contributed by atoms with Gasteiger partial charge >= 0.3 is 0 Å². The molecule has 0 amide bonds. The van der Waals surface area contributed by atoms with Gasteiger partial charge in [0.05, 0.1) is 17.0 Å². The van der Waals surface area contributed by atoms with Gasteiger partial charge in [0.2, 0.25) is 0 Å². The van der Waals surface area contributed by atoms with Crippen LogP contribution >= 0.6 is 50.5 Å². The SMILES string of the molecule is COc1ccc(C(Br)c2scc(C)c2Cl)c(Cl)c1. The zero-order chi connectivity index (χ0) is 13.3. The highest BCUT2D eigenvalue weighted by molar-refractivity contribution is 9.09. The van der Waals surface area contributed by atoms with Crippen LogP contribution in [-0.2, 0) is 0 Å². The molecule has 0 fully saturated rings. The van der Waals surface area contributed by atoms with Crippen molar-refractivity contribution in [3.8, 4) is 5.75 Å². The van der Waals surface area contributed by atoms with E-state index in [9.17, 15) is 0 Å². The molecule has 96 valence electrons. The number of methoxy groups -OCH3 is 1. The molecule has 5 heteroatoms. The van der Waals surface area contributed by atoms with Crippen molar-refractivity contribution in [2.45, 2.75) is 11.8 Å². The Balaban J connectivity index is 2.40. The Bertz CT molecular complexity index is 568. The van der Waals surface area contributed by atoms with E-state index >= 15 is 0 Å². The number of rotatable bonds is 3. The zero-order valence-corrected chi connectivity index (χ0v) is 13.8. The molecule has 1 unspecified atom stereocenters. The van der Waals surface area contributed by atoms with Gasteiger partial charge in [-0.15, -0.1) is 11.3 Å². The van der Waals surface area contributed by atoms with E-state index < -0.39 is 0 Å². The first kappa shape index (κ1) is 14.2. The second-order valence-electron chi connectivity index (χ2n) is 3.85. The Labute approximate surface area is 129 Å². The van der Waals surface area contributed by atoms with Gasteiger partial charge in [-0.2, -0.15) is 0 Å². The lowest BCUT2D eigenvalue weighted by molar-refractivity contribution is 0.414. The van der Waals surface area contributed by atoms with Crippen molar-refractivity contribution in [2.75, 3.05) is 7.11 Å². The number of hydrogen-bond acceptors (Lipinski definition) is 2. The molecule has 0 aliphatic heterocycles. The van der Waals surface area contributed by atoms with Crippen molar-refractivity contribution in [3.05, 3.63) is 49.6 Å². The van der Waals surface area contributed by atoms with Gasteiger partial charge in [-0.3, -0.25) is 0 Å². The molecule has 1 aromatic carbocycles. The summed E-state index contributed by atoms with van der Waals surface area (Å²) in [6, 6.07) is 5.65. The molecule has 0 bridgehead atoms. The van der Waals surface area contributed by atoms with E-state index in [1.165, 1.54) is 0 Å². The second kappa shape index (κ2) is 5.83. The molecule has 1 nitrogen and oxygen atoms in total. The van der Waals surface area contributed by atoms with Crippen LogP contribution in [0.5, 0.6) is 5.75 Å². The van der Waals surface area contributed by atoms with Crippen LogP contribution < -0.4 is 4.74 Å².